The summed E-state index contributed by atoms with van der Waals surface area (Å²) in [5.41, 5.74) is 1.08. The third-order valence-corrected chi connectivity index (χ3v) is 3.44. The maximum atomic E-state index is 11.3. The van der Waals surface area contributed by atoms with Crippen LogP contribution in [0.1, 0.15) is 24.2 Å². The van der Waals surface area contributed by atoms with Gasteiger partial charge in [-0.1, -0.05) is 15.9 Å². The van der Waals surface area contributed by atoms with E-state index in [-0.39, 0.29) is 12.2 Å². The molecule has 5 heteroatoms. The van der Waals surface area contributed by atoms with Crippen molar-refractivity contribution >= 4 is 27.6 Å². The first kappa shape index (κ1) is 13.4. The number of morpholine rings is 1. The molecule has 18 heavy (non-hydrogen) atoms. The highest BCUT2D eigenvalue weighted by Crippen LogP contribution is 2.27. The van der Waals surface area contributed by atoms with Gasteiger partial charge in [-0.15, -0.1) is 0 Å². The molecular formula is C13H16BrNO3. The maximum absolute atomic E-state index is 11.3. The molecule has 1 heterocycles. The smallest absolute Gasteiger partial charge is 0.337 e. The van der Waals surface area contributed by atoms with Crippen LogP contribution in [0, 0.1) is 0 Å². The minimum atomic E-state index is -0.905. The van der Waals surface area contributed by atoms with Crippen LogP contribution in [0.3, 0.4) is 0 Å². The molecule has 1 saturated heterocycles. The van der Waals surface area contributed by atoms with Crippen LogP contribution < -0.4 is 4.90 Å². The third-order valence-electron chi connectivity index (χ3n) is 2.95. The van der Waals surface area contributed by atoms with Gasteiger partial charge < -0.3 is 14.7 Å². The van der Waals surface area contributed by atoms with Gasteiger partial charge >= 0.3 is 5.97 Å². The fourth-order valence-electron chi connectivity index (χ4n) is 2.33. The molecule has 2 rings (SSSR count). The zero-order valence-electron chi connectivity index (χ0n) is 10.4. The molecule has 0 radical (unpaired) electrons. The number of rotatable bonds is 2. The van der Waals surface area contributed by atoms with Gasteiger partial charge in [0.25, 0.3) is 0 Å². The van der Waals surface area contributed by atoms with Crippen LogP contribution in [0.4, 0.5) is 5.69 Å². The highest BCUT2D eigenvalue weighted by atomic mass is 79.9. The number of anilines is 1. The predicted octanol–water partition coefficient (Wildman–Crippen LogP) is 2.76. The van der Waals surface area contributed by atoms with Gasteiger partial charge in [0.05, 0.1) is 23.5 Å². The van der Waals surface area contributed by atoms with Crippen molar-refractivity contribution in [2.45, 2.75) is 26.1 Å². The fourth-order valence-corrected chi connectivity index (χ4v) is 2.69. The first-order valence-electron chi connectivity index (χ1n) is 5.90. The molecule has 1 fully saturated rings. The topological polar surface area (TPSA) is 49.8 Å². The van der Waals surface area contributed by atoms with Crippen molar-refractivity contribution in [1.82, 2.24) is 0 Å². The summed E-state index contributed by atoms with van der Waals surface area (Å²) >= 11 is 3.31. The Bertz CT molecular complexity index is 454. The average molecular weight is 314 g/mol. The Morgan fingerprint density at radius 2 is 2.00 bits per heavy atom. The van der Waals surface area contributed by atoms with Crippen LogP contribution in [-0.4, -0.2) is 36.4 Å². The molecule has 0 spiro atoms. The Labute approximate surface area is 115 Å². The summed E-state index contributed by atoms with van der Waals surface area (Å²) in [5.74, 6) is -0.905. The van der Waals surface area contributed by atoms with Gasteiger partial charge in [-0.05, 0) is 32.0 Å². The highest BCUT2D eigenvalue weighted by Gasteiger charge is 2.25. The number of benzene rings is 1. The number of carboxylic acids is 1. The van der Waals surface area contributed by atoms with Crippen molar-refractivity contribution in [2.24, 2.45) is 0 Å². The summed E-state index contributed by atoms with van der Waals surface area (Å²) in [5, 5.41) is 9.27. The Morgan fingerprint density at radius 3 is 2.56 bits per heavy atom. The lowest BCUT2D eigenvalue weighted by molar-refractivity contribution is -0.00531. The number of carboxylic acid groups (broad SMARTS) is 1. The van der Waals surface area contributed by atoms with Crippen LogP contribution in [0.15, 0.2) is 22.7 Å². The Kier molecular flexibility index (Phi) is 3.92. The summed E-state index contributed by atoms with van der Waals surface area (Å²) in [6.45, 7) is 5.43. The molecule has 2 atom stereocenters. The van der Waals surface area contributed by atoms with E-state index in [2.05, 4.69) is 20.8 Å². The van der Waals surface area contributed by atoms with Gasteiger partial charge in [-0.3, -0.25) is 0 Å². The average Bonchev–Trinajstić information content (AvgIpc) is 2.27. The minimum Gasteiger partial charge on any atom is -0.478 e. The largest absolute Gasteiger partial charge is 0.478 e. The van der Waals surface area contributed by atoms with Crippen LogP contribution in [0.25, 0.3) is 0 Å². The molecule has 1 aliphatic heterocycles. The number of aromatic carboxylic acids is 1. The van der Waals surface area contributed by atoms with Gasteiger partial charge in [0.1, 0.15) is 0 Å². The predicted molar refractivity (Wildman–Crippen MR) is 73.3 cm³/mol. The van der Waals surface area contributed by atoms with Crippen molar-refractivity contribution in [3.05, 3.63) is 28.2 Å². The molecule has 1 N–H and O–H groups in total. The van der Waals surface area contributed by atoms with E-state index in [1.165, 1.54) is 0 Å². The van der Waals surface area contributed by atoms with E-state index in [4.69, 9.17) is 4.74 Å². The van der Waals surface area contributed by atoms with Crippen molar-refractivity contribution < 1.29 is 14.6 Å². The van der Waals surface area contributed by atoms with Crippen LogP contribution in [0.2, 0.25) is 0 Å². The summed E-state index contributed by atoms with van der Waals surface area (Å²) in [6.07, 6.45) is 0.220. The van der Waals surface area contributed by atoms with Crippen LogP contribution >= 0.6 is 15.9 Å². The number of hydrogen-bond donors (Lipinski definition) is 1. The Balaban J connectivity index is 2.35. The van der Waals surface area contributed by atoms with Crippen molar-refractivity contribution in [3.63, 3.8) is 0 Å². The molecule has 1 aliphatic rings. The summed E-state index contributed by atoms with van der Waals surface area (Å²) in [7, 11) is 0. The monoisotopic (exact) mass is 313 g/mol. The zero-order valence-corrected chi connectivity index (χ0v) is 12.0. The van der Waals surface area contributed by atoms with Gasteiger partial charge in [0.2, 0.25) is 0 Å². The molecule has 0 amide bonds. The van der Waals surface area contributed by atoms with Crippen molar-refractivity contribution in [2.75, 3.05) is 18.0 Å². The van der Waals surface area contributed by atoms with E-state index < -0.39 is 5.97 Å². The molecule has 2 unspecified atom stereocenters. The molecule has 0 saturated carbocycles. The second kappa shape index (κ2) is 5.28. The molecule has 1 aromatic carbocycles. The summed E-state index contributed by atoms with van der Waals surface area (Å²) in [4.78, 5) is 13.4. The maximum Gasteiger partial charge on any atom is 0.337 e. The van der Waals surface area contributed by atoms with E-state index >= 15 is 0 Å². The van der Waals surface area contributed by atoms with Crippen molar-refractivity contribution in [1.29, 1.82) is 0 Å². The minimum absolute atomic E-state index is 0.110. The van der Waals surface area contributed by atoms with Gasteiger partial charge in [-0.2, -0.15) is 0 Å². The SMILES string of the molecule is CC1CN(c2ccc(Br)cc2C(=O)O)CC(C)O1. The zero-order chi connectivity index (χ0) is 13.3. The van der Waals surface area contributed by atoms with E-state index in [0.717, 1.165) is 10.2 Å². The lowest BCUT2D eigenvalue weighted by atomic mass is 10.1. The lowest BCUT2D eigenvalue weighted by Crippen LogP contribution is -2.46. The number of carbonyl (C=O) groups is 1. The second-order valence-corrected chi connectivity index (χ2v) is 5.54. The second-order valence-electron chi connectivity index (χ2n) is 4.63. The lowest BCUT2D eigenvalue weighted by Gasteiger charge is -2.37. The van der Waals surface area contributed by atoms with Gasteiger partial charge in [0, 0.05) is 17.6 Å². The number of halogens is 1. The normalized spacial score (nSPS) is 24.1. The third kappa shape index (κ3) is 2.84. The molecular weight excluding hydrogens is 298 g/mol. The van der Waals surface area contributed by atoms with E-state index in [9.17, 15) is 9.90 Å². The van der Waals surface area contributed by atoms with E-state index in [1.54, 1.807) is 6.07 Å². The highest BCUT2D eigenvalue weighted by molar-refractivity contribution is 9.10. The quantitative estimate of drug-likeness (QED) is 0.912. The standard InChI is InChI=1S/C13H16BrNO3/c1-8-6-15(7-9(2)18-8)12-4-3-10(14)5-11(12)13(16)17/h3-5,8-9H,6-7H2,1-2H3,(H,16,17). The van der Waals surface area contributed by atoms with Gasteiger partial charge in [-0.25, -0.2) is 4.79 Å². The number of nitrogens with zero attached hydrogens (tertiary/aromatic N) is 1. The Hall–Kier alpha value is -1.07. The molecule has 4 nitrogen and oxygen atoms in total. The Morgan fingerprint density at radius 1 is 1.39 bits per heavy atom. The van der Waals surface area contributed by atoms with Crippen LogP contribution in [-0.2, 0) is 4.74 Å². The van der Waals surface area contributed by atoms with E-state index in [0.29, 0.717) is 18.7 Å². The molecule has 0 aliphatic carbocycles. The number of hydrogen-bond acceptors (Lipinski definition) is 3. The molecule has 1 aromatic rings. The summed E-state index contributed by atoms with van der Waals surface area (Å²) in [6, 6.07) is 5.35. The van der Waals surface area contributed by atoms with E-state index in [1.807, 2.05) is 26.0 Å². The van der Waals surface area contributed by atoms with Crippen LogP contribution in [0.5, 0.6) is 0 Å². The van der Waals surface area contributed by atoms with Crippen molar-refractivity contribution in [3.8, 4) is 0 Å². The number of ether oxygens (including phenoxy) is 1. The fraction of sp³-hybridized carbons (Fsp3) is 0.462. The molecule has 0 aromatic heterocycles. The first-order chi connectivity index (χ1) is 8.47. The first-order valence-corrected chi connectivity index (χ1v) is 6.70. The van der Waals surface area contributed by atoms with Gasteiger partial charge in [0.15, 0.2) is 0 Å². The molecule has 0 bridgehead atoms. The molecule has 98 valence electrons. The summed E-state index contributed by atoms with van der Waals surface area (Å²) < 4.78 is 6.44.